The maximum absolute atomic E-state index is 9.12. The summed E-state index contributed by atoms with van der Waals surface area (Å²) >= 11 is 0. The molecule has 4 heteroatoms. The molecule has 0 unspecified atom stereocenters. The number of rotatable bonds is 4. The Bertz CT molecular complexity index is 556. The van der Waals surface area contributed by atoms with Gasteiger partial charge in [-0.1, -0.05) is 0 Å². The Labute approximate surface area is 106 Å². The number of hydrogen-bond donors (Lipinski definition) is 0. The molecular weight excluding hydrogens is 228 g/mol. The van der Waals surface area contributed by atoms with Crippen molar-refractivity contribution in [3.63, 3.8) is 0 Å². The molecule has 92 valence electrons. The van der Waals surface area contributed by atoms with E-state index in [0.29, 0.717) is 12.1 Å². The van der Waals surface area contributed by atoms with Crippen LogP contribution in [0.15, 0.2) is 41.2 Å². The first-order valence-corrected chi connectivity index (χ1v) is 5.55. The maximum Gasteiger partial charge on any atom is 0.121 e. The van der Waals surface area contributed by atoms with Crippen molar-refractivity contribution in [1.82, 2.24) is 0 Å². The number of nitrogens with zero attached hydrogens (tertiary/aromatic N) is 2. The fourth-order valence-electron chi connectivity index (χ4n) is 1.79. The lowest BCUT2D eigenvalue weighted by atomic mass is 10.1. The molecular formula is C14H14N2O2. The molecule has 0 aliphatic heterocycles. The molecule has 0 bridgehead atoms. The fraction of sp³-hybridized carbons (Fsp3) is 0.214. The van der Waals surface area contributed by atoms with E-state index in [4.69, 9.17) is 14.4 Å². The van der Waals surface area contributed by atoms with E-state index in [1.54, 1.807) is 31.8 Å². The number of furan rings is 1. The molecule has 2 rings (SSSR count). The molecule has 0 saturated heterocycles. The third kappa shape index (κ3) is 2.46. The van der Waals surface area contributed by atoms with Crippen molar-refractivity contribution in [2.75, 3.05) is 19.1 Å². The van der Waals surface area contributed by atoms with Gasteiger partial charge in [-0.25, -0.2) is 0 Å². The van der Waals surface area contributed by atoms with Crippen LogP contribution in [0.2, 0.25) is 0 Å². The number of hydrogen-bond acceptors (Lipinski definition) is 4. The topological polar surface area (TPSA) is 49.4 Å². The van der Waals surface area contributed by atoms with Crippen molar-refractivity contribution in [3.05, 3.63) is 47.9 Å². The monoisotopic (exact) mass is 242 g/mol. The number of benzene rings is 1. The van der Waals surface area contributed by atoms with E-state index in [0.717, 1.165) is 17.0 Å². The minimum atomic E-state index is 0.627. The molecule has 0 aliphatic carbocycles. The van der Waals surface area contributed by atoms with Crippen molar-refractivity contribution in [1.29, 1.82) is 5.26 Å². The molecule has 0 spiro atoms. The van der Waals surface area contributed by atoms with Gasteiger partial charge in [0, 0.05) is 25.2 Å². The highest BCUT2D eigenvalue weighted by Crippen LogP contribution is 2.26. The van der Waals surface area contributed by atoms with Gasteiger partial charge in [-0.3, -0.25) is 0 Å². The zero-order valence-corrected chi connectivity index (χ0v) is 10.4. The van der Waals surface area contributed by atoms with Crippen molar-refractivity contribution in [3.8, 4) is 11.8 Å². The molecule has 1 aromatic heterocycles. The number of ether oxygens (including phenoxy) is 1. The van der Waals surface area contributed by atoms with E-state index in [1.807, 2.05) is 24.1 Å². The van der Waals surface area contributed by atoms with Crippen LogP contribution < -0.4 is 9.64 Å². The Morgan fingerprint density at radius 2 is 2.22 bits per heavy atom. The van der Waals surface area contributed by atoms with Crippen molar-refractivity contribution >= 4 is 5.69 Å². The predicted octanol–water partition coefficient (Wildman–Crippen LogP) is 2.80. The van der Waals surface area contributed by atoms with Crippen LogP contribution in [-0.4, -0.2) is 14.2 Å². The minimum absolute atomic E-state index is 0.627. The highest BCUT2D eigenvalue weighted by atomic mass is 16.5. The molecule has 0 aliphatic rings. The lowest BCUT2D eigenvalue weighted by Crippen LogP contribution is -2.17. The van der Waals surface area contributed by atoms with Crippen LogP contribution in [0.5, 0.6) is 5.75 Å². The van der Waals surface area contributed by atoms with Gasteiger partial charge < -0.3 is 14.1 Å². The Kier molecular flexibility index (Phi) is 3.54. The highest BCUT2D eigenvalue weighted by molar-refractivity contribution is 5.61. The summed E-state index contributed by atoms with van der Waals surface area (Å²) in [6.45, 7) is 0.679. The highest BCUT2D eigenvalue weighted by Gasteiger charge is 2.10. The van der Waals surface area contributed by atoms with Gasteiger partial charge in [0.2, 0.25) is 0 Å². The molecule has 18 heavy (non-hydrogen) atoms. The van der Waals surface area contributed by atoms with Crippen LogP contribution in [0.25, 0.3) is 0 Å². The van der Waals surface area contributed by atoms with E-state index >= 15 is 0 Å². The van der Waals surface area contributed by atoms with E-state index in [9.17, 15) is 0 Å². The number of anilines is 1. The van der Waals surface area contributed by atoms with Gasteiger partial charge in [0.1, 0.15) is 11.8 Å². The standard InChI is InChI=1S/C14H14N2O2/c1-16(9-11-5-6-18-10-11)14-7-13(17-2)4-3-12(14)8-15/h3-7,10H,9H2,1-2H3. The van der Waals surface area contributed by atoms with E-state index in [-0.39, 0.29) is 0 Å². The van der Waals surface area contributed by atoms with Gasteiger partial charge in [0.25, 0.3) is 0 Å². The van der Waals surface area contributed by atoms with Gasteiger partial charge >= 0.3 is 0 Å². The molecule has 0 fully saturated rings. The van der Waals surface area contributed by atoms with Gasteiger partial charge in [-0.05, 0) is 18.2 Å². The molecule has 2 aromatic rings. The Balaban J connectivity index is 2.28. The summed E-state index contributed by atoms with van der Waals surface area (Å²) in [5.41, 5.74) is 2.53. The van der Waals surface area contributed by atoms with Crippen LogP contribution >= 0.6 is 0 Å². The largest absolute Gasteiger partial charge is 0.497 e. The van der Waals surface area contributed by atoms with Crippen LogP contribution in [0.4, 0.5) is 5.69 Å². The van der Waals surface area contributed by atoms with Gasteiger partial charge in [0.15, 0.2) is 0 Å². The first-order valence-electron chi connectivity index (χ1n) is 5.55. The molecule has 1 heterocycles. The summed E-state index contributed by atoms with van der Waals surface area (Å²) in [6.07, 6.45) is 3.34. The third-order valence-corrected chi connectivity index (χ3v) is 2.74. The predicted molar refractivity (Wildman–Crippen MR) is 68.5 cm³/mol. The molecule has 0 radical (unpaired) electrons. The smallest absolute Gasteiger partial charge is 0.121 e. The Morgan fingerprint density at radius 3 is 2.83 bits per heavy atom. The van der Waals surface area contributed by atoms with Crippen molar-refractivity contribution in [2.24, 2.45) is 0 Å². The van der Waals surface area contributed by atoms with Crippen molar-refractivity contribution < 1.29 is 9.15 Å². The van der Waals surface area contributed by atoms with Crippen LogP contribution in [-0.2, 0) is 6.54 Å². The van der Waals surface area contributed by atoms with Crippen LogP contribution in [0, 0.1) is 11.3 Å². The fourth-order valence-corrected chi connectivity index (χ4v) is 1.79. The molecule has 1 aromatic carbocycles. The Hall–Kier alpha value is -2.41. The maximum atomic E-state index is 9.12. The average molecular weight is 242 g/mol. The molecule has 0 amide bonds. The summed E-state index contributed by atoms with van der Waals surface area (Å²) < 4.78 is 10.2. The third-order valence-electron chi connectivity index (χ3n) is 2.74. The van der Waals surface area contributed by atoms with Gasteiger partial charge in [0.05, 0.1) is 30.9 Å². The quantitative estimate of drug-likeness (QED) is 0.827. The SMILES string of the molecule is COc1ccc(C#N)c(N(C)Cc2ccoc2)c1. The van der Waals surface area contributed by atoms with E-state index in [2.05, 4.69) is 6.07 Å². The van der Waals surface area contributed by atoms with Crippen LogP contribution in [0.1, 0.15) is 11.1 Å². The summed E-state index contributed by atoms with van der Waals surface area (Å²) in [6, 6.07) is 9.50. The normalized spacial score (nSPS) is 9.83. The number of methoxy groups -OCH3 is 1. The second-order valence-corrected chi connectivity index (χ2v) is 3.98. The van der Waals surface area contributed by atoms with Crippen LogP contribution in [0.3, 0.4) is 0 Å². The molecule has 0 atom stereocenters. The average Bonchev–Trinajstić information content (AvgIpc) is 2.90. The second-order valence-electron chi connectivity index (χ2n) is 3.98. The minimum Gasteiger partial charge on any atom is -0.497 e. The Morgan fingerprint density at radius 1 is 1.39 bits per heavy atom. The van der Waals surface area contributed by atoms with Crippen molar-refractivity contribution in [2.45, 2.75) is 6.54 Å². The lowest BCUT2D eigenvalue weighted by Gasteiger charge is -2.20. The number of nitriles is 1. The summed E-state index contributed by atoms with van der Waals surface area (Å²) in [5.74, 6) is 0.739. The molecule has 4 nitrogen and oxygen atoms in total. The van der Waals surface area contributed by atoms with E-state index < -0.39 is 0 Å². The second kappa shape index (κ2) is 5.28. The summed E-state index contributed by atoms with van der Waals surface area (Å²) in [7, 11) is 3.55. The summed E-state index contributed by atoms with van der Waals surface area (Å²) in [5, 5.41) is 9.12. The summed E-state index contributed by atoms with van der Waals surface area (Å²) in [4.78, 5) is 1.99. The zero-order chi connectivity index (χ0) is 13.0. The first kappa shape index (κ1) is 12.1. The zero-order valence-electron chi connectivity index (χ0n) is 10.4. The van der Waals surface area contributed by atoms with Gasteiger partial charge in [-0.15, -0.1) is 0 Å². The van der Waals surface area contributed by atoms with Gasteiger partial charge in [-0.2, -0.15) is 5.26 Å². The molecule has 0 saturated carbocycles. The van der Waals surface area contributed by atoms with E-state index in [1.165, 1.54) is 0 Å². The lowest BCUT2D eigenvalue weighted by molar-refractivity contribution is 0.415. The first-order chi connectivity index (χ1) is 8.74. The molecule has 0 N–H and O–H groups in total.